The van der Waals surface area contributed by atoms with E-state index in [0.29, 0.717) is 29.0 Å². The van der Waals surface area contributed by atoms with Crippen LogP contribution in [-0.2, 0) is 4.79 Å². The molecule has 1 atom stereocenters. The number of amides is 3. The van der Waals surface area contributed by atoms with E-state index in [0.717, 1.165) is 12.0 Å². The van der Waals surface area contributed by atoms with Gasteiger partial charge in [0.15, 0.2) is 0 Å². The summed E-state index contributed by atoms with van der Waals surface area (Å²) in [6.07, 6.45) is 0.863. The molecule has 176 valence electrons. The van der Waals surface area contributed by atoms with Crippen molar-refractivity contribution in [2.24, 2.45) is 0 Å². The topological polar surface area (TPSA) is 99.3 Å². The van der Waals surface area contributed by atoms with Crippen LogP contribution in [0.3, 0.4) is 0 Å². The first-order valence-corrected chi connectivity index (χ1v) is 11.3. The van der Waals surface area contributed by atoms with Crippen molar-refractivity contribution in [3.05, 3.63) is 95.6 Å². The highest BCUT2D eigenvalue weighted by molar-refractivity contribution is 5.97. The van der Waals surface area contributed by atoms with Gasteiger partial charge in [-0.1, -0.05) is 43.3 Å². The van der Waals surface area contributed by atoms with Crippen LogP contribution in [0.2, 0.25) is 0 Å². The Bertz CT molecular complexity index is 1110. The molecule has 7 nitrogen and oxygen atoms in total. The van der Waals surface area contributed by atoms with Gasteiger partial charge in [0.2, 0.25) is 5.91 Å². The van der Waals surface area contributed by atoms with Gasteiger partial charge in [0.1, 0.15) is 0 Å². The third kappa shape index (κ3) is 7.20. The van der Waals surface area contributed by atoms with Gasteiger partial charge in [-0.2, -0.15) is 0 Å². The summed E-state index contributed by atoms with van der Waals surface area (Å²) < 4.78 is 0. The summed E-state index contributed by atoms with van der Waals surface area (Å²) in [5.74, 6) is -0.563. The van der Waals surface area contributed by atoms with Crippen molar-refractivity contribution in [1.29, 1.82) is 0 Å². The number of hydrogen-bond donors (Lipinski definition) is 4. The maximum Gasteiger partial charge on any atom is 0.251 e. The number of anilines is 2. The normalized spacial score (nSPS) is 11.2. The van der Waals surface area contributed by atoms with Crippen molar-refractivity contribution in [2.75, 3.05) is 23.7 Å². The van der Waals surface area contributed by atoms with E-state index in [2.05, 4.69) is 21.3 Å². The number of carbonyl (C=O) groups is 3. The molecule has 1 unspecified atom stereocenters. The molecule has 3 rings (SSSR count). The molecule has 0 aliphatic heterocycles. The minimum Gasteiger partial charge on any atom is -0.376 e. The highest BCUT2D eigenvalue weighted by atomic mass is 16.2. The van der Waals surface area contributed by atoms with Crippen LogP contribution >= 0.6 is 0 Å². The van der Waals surface area contributed by atoms with Crippen LogP contribution in [0.5, 0.6) is 0 Å². The first-order chi connectivity index (χ1) is 16.5. The van der Waals surface area contributed by atoms with E-state index in [1.165, 1.54) is 0 Å². The number of rotatable bonds is 10. The third-order valence-electron chi connectivity index (χ3n) is 5.19. The zero-order valence-electron chi connectivity index (χ0n) is 19.4. The molecule has 0 saturated heterocycles. The van der Waals surface area contributed by atoms with Crippen molar-refractivity contribution in [3.8, 4) is 0 Å². The molecule has 4 N–H and O–H groups in total. The van der Waals surface area contributed by atoms with E-state index in [9.17, 15) is 14.4 Å². The lowest BCUT2D eigenvalue weighted by atomic mass is 10.1. The van der Waals surface area contributed by atoms with E-state index < -0.39 is 0 Å². The maximum atomic E-state index is 12.5. The molecular formula is C27H30N4O3. The molecule has 0 heterocycles. The Hall–Kier alpha value is -4.13. The second kappa shape index (κ2) is 12.2. The molecule has 0 aliphatic carbocycles. The monoisotopic (exact) mass is 458 g/mol. The average molecular weight is 459 g/mol. The molecule has 3 aromatic rings. The lowest BCUT2D eigenvalue weighted by Gasteiger charge is -2.14. The fourth-order valence-electron chi connectivity index (χ4n) is 3.31. The number of benzene rings is 3. The SMILES string of the molecule is CCCNC(=O)c1cccc(NCC(=O)Nc2ccc(C(=O)NC(C)c3ccccc3)cc2)c1. The van der Waals surface area contributed by atoms with E-state index in [1.54, 1.807) is 48.5 Å². The van der Waals surface area contributed by atoms with Crippen molar-refractivity contribution in [3.63, 3.8) is 0 Å². The van der Waals surface area contributed by atoms with Crippen LogP contribution in [0, 0.1) is 0 Å². The van der Waals surface area contributed by atoms with Gasteiger partial charge in [-0.15, -0.1) is 0 Å². The van der Waals surface area contributed by atoms with Crippen molar-refractivity contribution in [2.45, 2.75) is 26.3 Å². The van der Waals surface area contributed by atoms with E-state index in [4.69, 9.17) is 0 Å². The summed E-state index contributed by atoms with van der Waals surface area (Å²) in [6, 6.07) is 23.4. The summed E-state index contributed by atoms with van der Waals surface area (Å²) in [4.78, 5) is 36.9. The highest BCUT2D eigenvalue weighted by Crippen LogP contribution is 2.15. The molecule has 0 saturated carbocycles. The lowest BCUT2D eigenvalue weighted by molar-refractivity contribution is -0.114. The summed E-state index contributed by atoms with van der Waals surface area (Å²) in [6.45, 7) is 4.58. The standard InChI is InChI=1S/C27H30N4O3/c1-3-16-28-26(33)22-10-7-11-24(17-22)29-18-25(32)31-23-14-12-21(13-15-23)27(34)30-19(2)20-8-5-4-6-9-20/h4-15,17,19,29H,3,16,18H2,1-2H3,(H,28,33)(H,30,34)(H,31,32). The number of nitrogens with one attached hydrogen (secondary N) is 4. The highest BCUT2D eigenvalue weighted by Gasteiger charge is 2.12. The van der Waals surface area contributed by atoms with E-state index >= 15 is 0 Å². The number of hydrogen-bond acceptors (Lipinski definition) is 4. The first-order valence-electron chi connectivity index (χ1n) is 11.3. The minimum atomic E-state index is -0.240. The first kappa shape index (κ1) is 24.5. The minimum absolute atomic E-state index is 0.0386. The Balaban J connectivity index is 1.49. The van der Waals surface area contributed by atoms with Gasteiger partial charge >= 0.3 is 0 Å². The Labute approximate surface area is 200 Å². The second-order valence-electron chi connectivity index (χ2n) is 7.92. The molecule has 34 heavy (non-hydrogen) atoms. The van der Waals surface area contributed by atoms with Crippen LogP contribution in [0.25, 0.3) is 0 Å². The van der Waals surface area contributed by atoms with Crippen LogP contribution in [-0.4, -0.2) is 30.8 Å². The van der Waals surface area contributed by atoms with E-state index in [1.807, 2.05) is 44.2 Å². The lowest BCUT2D eigenvalue weighted by Crippen LogP contribution is -2.26. The molecular weight excluding hydrogens is 428 g/mol. The predicted molar refractivity (Wildman–Crippen MR) is 135 cm³/mol. The Kier molecular flexibility index (Phi) is 8.80. The summed E-state index contributed by atoms with van der Waals surface area (Å²) in [5.41, 5.74) is 3.34. The molecule has 0 aliphatic rings. The van der Waals surface area contributed by atoms with Crippen molar-refractivity contribution >= 4 is 29.1 Å². The maximum absolute atomic E-state index is 12.5. The van der Waals surface area contributed by atoms with Gasteiger partial charge in [0, 0.05) is 29.0 Å². The third-order valence-corrected chi connectivity index (χ3v) is 5.19. The Morgan fingerprint density at radius 1 is 0.794 bits per heavy atom. The molecule has 0 radical (unpaired) electrons. The van der Waals surface area contributed by atoms with Crippen LogP contribution < -0.4 is 21.3 Å². The average Bonchev–Trinajstić information content (AvgIpc) is 2.87. The van der Waals surface area contributed by atoms with Gasteiger partial charge in [-0.25, -0.2) is 0 Å². The zero-order valence-corrected chi connectivity index (χ0v) is 19.4. The molecule has 3 amide bonds. The summed E-state index contributed by atoms with van der Waals surface area (Å²) in [7, 11) is 0. The van der Waals surface area contributed by atoms with Crippen molar-refractivity contribution < 1.29 is 14.4 Å². The summed E-state index contributed by atoms with van der Waals surface area (Å²) in [5, 5.41) is 11.6. The van der Waals surface area contributed by atoms with Crippen LogP contribution in [0.1, 0.15) is 52.6 Å². The fourth-order valence-corrected chi connectivity index (χ4v) is 3.31. The molecule has 3 aromatic carbocycles. The molecule has 0 aromatic heterocycles. The van der Waals surface area contributed by atoms with Gasteiger partial charge in [-0.05, 0) is 61.4 Å². The van der Waals surface area contributed by atoms with Crippen molar-refractivity contribution in [1.82, 2.24) is 10.6 Å². The second-order valence-corrected chi connectivity index (χ2v) is 7.92. The Morgan fingerprint density at radius 2 is 1.53 bits per heavy atom. The van der Waals surface area contributed by atoms with Gasteiger partial charge in [0.25, 0.3) is 11.8 Å². The smallest absolute Gasteiger partial charge is 0.251 e. The number of carbonyl (C=O) groups excluding carboxylic acids is 3. The van der Waals surface area contributed by atoms with E-state index in [-0.39, 0.29) is 30.3 Å². The quantitative estimate of drug-likeness (QED) is 0.363. The molecule has 7 heteroatoms. The zero-order chi connectivity index (χ0) is 24.3. The fraction of sp³-hybridized carbons (Fsp3) is 0.222. The van der Waals surface area contributed by atoms with Gasteiger partial charge in [-0.3, -0.25) is 14.4 Å². The summed E-state index contributed by atoms with van der Waals surface area (Å²) >= 11 is 0. The van der Waals surface area contributed by atoms with Crippen LogP contribution in [0.15, 0.2) is 78.9 Å². The predicted octanol–water partition coefficient (Wildman–Crippen LogP) is 4.37. The molecule has 0 bridgehead atoms. The van der Waals surface area contributed by atoms with Crippen LogP contribution in [0.4, 0.5) is 11.4 Å². The van der Waals surface area contributed by atoms with Gasteiger partial charge < -0.3 is 21.3 Å². The largest absolute Gasteiger partial charge is 0.376 e. The Morgan fingerprint density at radius 3 is 2.24 bits per heavy atom. The molecule has 0 fully saturated rings. The van der Waals surface area contributed by atoms with Gasteiger partial charge in [0.05, 0.1) is 12.6 Å². The molecule has 0 spiro atoms.